The van der Waals surface area contributed by atoms with Crippen LogP contribution in [0.2, 0.25) is 0 Å². The maximum atomic E-state index is 11.6. The van der Waals surface area contributed by atoms with Gasteiger partial charge in [-0.2, -0.15) is 0 Å². The summed E-state index contributed by atoms with van der Waals surface area (Å²) in [5, 5.41) is 0.601. The molecule has 0 spiro atoms. The molecule has 1 aromatic carbocycles. The highest BCUT2D eigenvalue weighted by Gasteiger charge is 2.40. The molecule has 4 heterocycles. The minimum absolute atomic E-state index is 0.0814. The normalized spacial score (nSPS) is 24.0. The van der Waals surface area contributed by atoms with Gasteiger partial charge in [0.1, 0.15) is 16.1 Å². The predicted molar refractivity (Wildman–Crippen MR) is 122 cm³/mol. The van der Waals surface area contributed by atoms with Crippen LogP contribution in [-0.2, 0) is 16.4 Å². The second-order valence-electron chi connectivity index (χ2n) is 8.48. The topological polar surface area (TPSA) is 84.4 Å². The molecule has 2 saturated heterocycles. The van der Waals surface area contributed by atoms with Crippen molar-refractivity contribution in [2.75, 3.05) is 12.8 Å². The van der Waals surface area contributed by atoms with Crippen molar-refractivity contribution < 1.29 is 13.2 Å². The minimum atomic E-state index is -3.14. The van der Waals surface area contributed by atoms with E-state index in [9.17, 15) is 8.42 Å². The molecular weight excluding hydrogens is 432 g/mol. The first-order chi connectivity index (χ1) is 14.9. The van der Waals surface area contributed by atoms with E-state index in [2.05, 4.69) is 31.7 Å². The van der Waals surface area contributed by atoms with Gasteiger partial charge in [-0.05, 0) is 61.9 Å². The Morgan fingerprint density at radius 2 is 1.90 bits per heavy atom. The summed E-state index contributed by atoms with van der Waals surface area (Å²) in [5.74, 6) is 0.774. The first-order valence-electron chi connectivity index (χ1n) is 10.6. The van der Waals surface area contributed by atoms with Gasteiger partial charge in [-0.15, -0.1) is 0 Å². The third-order valence-electron chi connectivity index (χ3n) is 6.20. The second kappa shape index (κ2) is 8.46. The number of hydrogen-bond donors (Lipinski definition) is 1. The smallest absolute Gasteiger partial charge is 0.281 e. The molecule has 31 heavy (non-hydrogen) atoms. The Hall–Kier alpha value is -2.07. The van der Waals surface area contributed by atoms with Crippen molar-refractivity contribution in [2.45, 2.75) is 50.2 Å². The summed E-state index contributed by atoms with van der Waals surface area (Å²) in [6.07, 6.45) is 8.13. The van der Waals surface area contributed by atoms with Crippen LogP contribution >= 0.6 is 11.3 Å². The lowest BCUT2D eigenvalue weighted by Crippen LogP contribution is -2.50. The maximum Gasteiger partial charge on any atom is 0.281 e. The molecule has 2 aliphatic heterocycles. The number of benzene rings is 1. The monoisotopic (exact) mass is 458 g/mol. The lowest BCUT2D eigenvalue weighted by molar-refractivity contribution is 0.125. The Morgan fingerprint density at radius 1 is 1.16 bits per heavy atom. The van der Waals surface area contributed by atoms with E-state index in [0.717, 1.165) is 54.7 Å². The molecule has 164 valence electrons. The van der Waals surface area contributed by atoms with Gasteiger partial charge in [-0.1, -0.05) is 23.5 Å². The first kappa shape index (κ1) is 20.8. The molecule has 0 unspecified atom stereocenters. The van der Waals surface area contributed by atoms with Gasteiger partial charge in [0.15, 0.2) is 0 Å². The number of thiazole rings is 1. The molecule has 0 radical (unpaired) electrons. The van der Waals surface area contributed by atoms with E-state index in [0.29, 0.717) is 17.3 Å². The van der Waals surface area contributed by atoms with Crippen LogP contribution < -0.4 is 9.46 Å². The number of sulfonamides is 1. The number of ether oxygens (including phenoxy) is 1. The van der Waals surface area contributed by atoms with E-state index in [1.807, 2.05) is 24.3 Å². The minimum Gasteiger partial charge on any atom is -0.431 e. The summed E-state index contributed by atoms with van der Waals surface area (Å²) >= 11 is 1.44. The van der Waals surface area contributed by atoms with Crippen LogP contribution in [-0.4, -0.2) is 54.2 Å². The molecule has 2 bridgehead atoms. The van der Waals surface area contributed by atoms with Crippen LogP contribution in [0.3, 0.4) is 0 Å². The Kier molecular flexibility index (Phi) is 5.68. The number of hydrogen-bond acceptors (Lipinski definition) is 7. The average molecular weight is 459 g/mol. The number of fused-ring (bicyclic) bond motifs is 3. The zero-order chi connectivity index (χ0) is 21.4. The third kappa shape index (κ3) is 4.90. The molecule has 2 aromatic heterocycles. The molecule has 9 heteroatoms. The highest BCUT2D eigenvalue weighted by molar-refractivity contribution is 7.88. The summed E-state index contributed by atoms with van der Waals surface area (Å²) in [6.45, 7) is 1.00. The van der Waals surface area contributed by atoms with Gasteiger partial charge < -0.3 is 4.74 Å². The quantitative estimate of drug-likeness (QED) is 0.583. The molecule has 5 rings (SSSR count). The van der Waals surface area contributed by atoms with Crippen molar-refractivity contribution in [3.8, 4) is 10.9 Å². The van der Waals surface area contributed by atoms with Crippen LogP contribution in [0.1, 0.15) is 31.2 Å². The second-order valence-corrected chi connectivity index (χ2v) is 11.2. The van der Waals surface area contributed by atoms with E-state index in [4.69, 9.17) is 4.74 Å². The van der Waals surface area contributed by atoms with E-state index in [1.54, 1.807) is 6.20 Å². The Morgan fingerprint density at radius 3 is 2.58 bits per heavy atom. The SMILES string of the molecule is CS(=O)(=O)N[C@@H]1C[C@H]2CC[C@@H](C1)N2CCc1ccc(Oc2nc3cccnc3s2)cc1. The van der Waals surface area contributed by atoms with Crippen molar-refractivity contribution in [1.82, 2.24) is 19.6 Å². The lowest BCUT2D eigenvalue weighted by atomic mass is 9.97. The maximum absolute atomic E-state index is 11.6. The molecule has 0 saturated carbocycles. The van der Waals surface area contributed by atoms with Crippen molar-refractivity contribution in [3.63, 3.8) is 0 Å². The molecular formula is C22H26N4O3S2. The van der Waals surface area contributed by atoms with Gasteiger partial charge in [0.25, 0.3) is 5.19 Å². The number of nitrogens with zero attached hydrogens (tertiary/aromatic N) is 3. The molecule has 1 N–H and O–H groups in total. The Bertz CT molecular complexity index is 1120. The standard InChI is InChI=1S/C22H26N4O3S2/c1-31(27,28)25-16-13-17-6-7-18(14-16)26(17)12-10-15-4-8-19(9-5-15)29-22-24-20-3-2-11-23-21(20)30-22/h2-5,8-9,11,16-18,25H,6-7,10,12-14H2,1H3/t16-,17-,18+. The van der Waals surface area contributed by atoms with E-state index < -0.39 is 10.0 Å². The fraction of sp³-hybridized carbons (Fsp3) is 0.455. The number of pyridine rings is 1. The fourth-order valence-corrected chi connectivity index (χ4v) is 6.49. The van der Waals surface area contributed by atoms with Crippen LogP contribution in [0, 0.1) is 0 Å². The van der Waals surface area contributed by atoms with Gasteiger partial charge >= 0.3 is 0 Å². The predicted octanol–water partition coefficient (Wildman–Crippen LogP) is 3.57. The van der Waals surface area contributed by atoms with Gasteiger partial charge in [0, 0.05) is 30.9 Å². The molecule has 2 aliphatic rings. The zero-order valence-electron chi connectivity index (χ0n) is 17.4. The number of nitrogens with one attached hydrogen (secondary N) is 1. The van der Waals surface area contributed by atoms with Gasteiger partial charge in [-0.25, -0.2) is 23.1 Å². The summed E-state index contributed by atoms with van der Waals surface area (Å²) in [6, 6.07) is 13.1. The molecule has 3 aromatic rings. The Balaban J connectivity index is 1.16. The van der Waals surface area contributed by atoms with Crippen molar-refractivity contribution in [1.29, 1.82) is 0 Å². The van der Waals surface area contributed by atoms with E-state index >= 15 is 0 Å². The number of piperidine rings is 1. The van der Waals surface area contributed by atoms with Crippen LogP contribution in [0.5, 0.6) is 10.9 Å². The number of aromatic nitrogens is 2. The molecule has 0 aliphatic carbocycles. The first-order valence-corrected chi connectivity index (χ1v) is 13.4. The highest BCUT2D eigenvalue weighted by Crippen LogP contribution is 2.36. The van der Waals surface area contributed by atoms with Crippen molar-refractivity contribution in [2.24, 2.45) is 0 Å². The van der Waals surface area contributed by atoms with E-state index in [-0.39, 0.29) is 6.04 Å². The summed E-state index contributed by atoms with van der Waals surface area (Å²) in [4.78, 5) is 12.2. The lowest BCUT2D eigenvalue weighted by Gasteiger charge is -2.39. The highest BCUT2D eigenvalue weighted by atomic mass is 32.2. The van der Waals surface area contributed by atoms with Gasteiger partial charge in [0.2, 0.25) is 10.0 Å². The van der Waals surface area contributed by atoms with E-state index in [1.165, 1.54) is 23.2 Å². The molecule has 2 fully saturated rings. The summed E-state index contributed by atoms with van der Waals surface area (Å²) in [5.41, 5.74) is 2.12. The van der Waals surface area contributed by atoms with Crippen LogP contribution in [0.4, 0.5) is 0 Å². The Labute approximate surface area is 186 Å². The largest absolute Gasteiger partial charge is 0.431 e. The van der Waals surface area contributed by atoms with Gasteiger partial charge in [0.05, 0.1) is 6.26 Å². The third-order valence-corrected chi connectivity index (χ3v) is 7.82. The molecule has 3 atom stereocenters. The molecule has 0 amide bonds. The molecule has 7 nitrogen and oxygen atoms in total. The van der Waals surface area contributed by atoms with Crippen LogP contribution in [0.25, 0.3) is 10.3 Å². The van der Waals surface area contributed by atoms with Crippen molar-refractivity contribution >= 4 is 31.7 Å². The fourth-order valence-electron chi connectivity index (χ4n) is 4.92. The summed E-state index contributed by atoms with van der Waals surface area (Å²) in [7, 11) is -3.14. The van der Waals surface area contributed by atoms with Crippen molar-refractivity contribution in [3.05, 3.63) is 48.2 Å². The average Bonchev–Trinajstić information content (AvgIpc) is 3.23. The van der Waals surface area contributed by atoms with Gasteiger partial charge in [-0.3, -0.25) is 4.90 Å². The zero-order valence-corrected chi connectivity index (χ0v) is 19.0. The van der Waals surface area contributed by atoms with Crippen LogP contribution in [0.15, 0.2) is 42.6 Å². The number of rotatable bonds is 7. The summed E-state index contributed by atoms with van der Waals surface area (Å²) < 4.78 is 31.9.